The van der Waals surface area contributed by atoms with Gasteiger partial charge in [-0.15, -0.1) is 0 Å². The summed E-state index contributed by atoms with van der Waals surface area (Å²) in [5.41, 5.74) is 2.57. The third-order valence-electron chi connectivity index (χ3n) is 4.23. The van der Waals surface area contributed by atoms with Crippen LogP contribution in [0.1, 0.15) is 19.3 Å². The Kier molecular flexibility index (Phi) is 3.88. The van der Waals surface area contributed by atoms with Gasteiger partial charge < -0.3 is 15.1 Å². The van der Waals surface area contributed by atoms with Crippen LogP contribution in [0, 0.1) is 0 Å². The van der Waals surface area contributed by atoms with Crippen LogP contribution in [-0.2, 0) is 0 Å². The lowest BCUT2D eigenvalue weighted by Gasteiger charge is -2.27. The molecule has 3 rings (SSSR count). The molecule has 0 bridgehead atoms. The molecule has 0 aliphatic carbocycles. The third-order valence-corrected chi connectivity index (χ3v) is 4.23. The smallest absolute Gasteiger partial charge is 0.205 e. The molecule has 3 heterocycles. The number of nitrogen functional groups attached to an aromatic ring is 1. The number of methoxy groups -OCH3 is 1. The Bertz CT molecular complexity index is 468. The highest BCUT2D eigenvalue weighted by atomic mass is 16.5. The van der Waals surface area contributed by atoms with Gasteiger partial charge in [0.1, 0.15) is 6.33 Å². The van der Waals surface area contributed by atoms with E-state index in [0.717, 1.165) is 25.3 Å². The summed E-state index contributed by atoms with van der Waals surface area (Å²) in [5, 5.41) is 0. The number of nitrogens with zero attached hydrogens (tertiary/aromatic N) is 4. The van der Waals surface area contributed by atoms with E-state index in [9.17, 15) is 0 Å². The zero-order chi connectivity index (χ0) is 13.9. The molecule has 2 saturated heterocycles. The lowest BCUT2D eigenvalue weighted by Crippen LogP contribution is -2.37. The number of aromatic nitrogens is 2. The van der Waals surface area contributed by atoms with Crippen LogP contribution >= 0.6 is 0 Å². The van der Waals surface area contributed by atoms with Gasteiger partial charge in [0.05, 0.1) is 7.11 Å². The minimum absolute atomic E-state index is 0.532. The topological polar surface area (TPSA) is 79.5 Å². The molecular weight excluding hydrogens is 256 g/mol. The zero-order valence-electron chi connectivity index (χ0n) is 11.9. The minimum atomic E-state index is 0.532. The number of nitrogens with two attached hydrogens (primary N) is 1. The van der Waals surface area contributed by atoms with Gasteiger partial charge in [-0.05, 0) is 25.8 Å². The van der Waals surface area contributed by atoms with Crippen LogP contribution < -0.4 is 20.9 Å². The van der Waals surface area contributed by atoms with Crippen molar-refractivity contribution in [3.63, 3.8) is 0 Å². The highest BCUT2D eigenvalue weighted by molar-refractivity contribution is 5.64. The Morgan fingerprint density at radius 1 is 1.30 bits per heavy atom. The zero-order valence-corrected chi connectivity index (χ0v) is 11.9. The Hall–Kier alpha value is -1.60. The van der Waals surface area contributed by atoms with Crippen molar-refractivity contribution in [1.29, 1.82) is 0 Å². The largest absolute Gasteiger partial charge is 0.490 e. The number of hydrazine groups is 1. The number of hydrogen-bond acceptors (Lipinski definition) is 7. The summed E-state index contributed by atoms with van der Waals surface area (Å²) in [5.74, 6) is 7.49. The van der Waals surface area contributed by atoms with E-state index in [1.54, 1.807) is 7.11 Å². The second kappa shape index (κ2) is 5.80. The van der Waals surface area contributed by atoms with E-state index < -0.39 is 0 Å². The maximum atomic E-state index is 5.49. The van der Waals surface area contributed by atoms with Crippen molar-refractivity contribution in [1.82, 2.24) is 14.9 Å². The van der Waals surface area contributed by atoms with Gasteiger partial charge in [-0.1, -0.05) is 0 Å². The van der Waals surface area contributed by atoms with Crippen molar-refractivity contribution in [2.45, 2.75) is 25.3 Å². The van der Waals surface area contributed by atoms with Crippen LogP contribution in [0.2, 0.25) is 0 Å². The molecule has 1 unspecified atom stereocenters. The number of fused-ring (bicyclic) bond motifs is 1. The normalized spacial score (nSPS) is 23.3. The molecule has 1 atom stereocenters. The molecule has 0 amide bonds. The molecule has 20 heavy (non-hydrogen) atoms. The lowest BCUT2D eigenvalue weighted by molar-refractivity contribution is 0.273. The highest BCUT2D eigenvalue weighted by Gasteiger charge is 2.30. The number of rotatable bonds is 3. The van der Waals surface area contributed by atoms with Gasteiger partial charge in [-0.3, -0.25) is 4.90 Å². The van der Waals surface area contributed by atoms with Crippen LogP contribution in [0.3, 0.4) is 0 Å². The molecule has 2 fully saturated rings. The van der Waals surface area contributed by atoms with Crippen molar-refractivity contribution in [3.8, 4) is 5.75 Å². The van der Waals surface area contributed by atoms with Crippen molar-refractivity contribution >= 4 is 11.6 Å². The first kappa shape index (κ1) is 13.4. The first-order valence-corrected chi connectivity index (χ1v) is 7.18. The monoisotopic (exact) mass is 278 g/mol. The molecule has 1 aromatic rings. The highest BCUT2D eigenvalue weighted by Crippen LogP contribution is 2.33. The molecule has 0 saturated carbocycles. The maximum absolute atomic E-state index is 5.49. The van der Waals surface area contributed by atoms with Crippen LogP contribution in [-0.4, -0.2) is 54.2 Å². The van der Waals surface area contributed by atoms with Crippen LogP contribution in [0.15, 0.2) is 6.33 Å². The summed E-state index contributed by atoms with van der Waals surface area (Å²) in [6.07, 6.45) is 5.25. The number of ether oxygens (including phenoxy) is 1. The molecule has 0 aromatic carbocycles. The summed E-state index contributed by atoms with van der Waals surface area (Å²) >= 11 is 0. The van der Waals surface area contributed by atoms with Gasteiger partial charge in [0.2, 0.25) is 5.75 Å². The Morgan fingerprint density at radius 3 is 2.95 bits per heavy atom. The Morgan fingerprint density at radius 2 is 2.15 bits per heavy atom. The van der Waals surface area contributed by atoms with Gasteiger partial charge >= 0.3 is 0 Å². The molecule has 7 heteroatoms. The molecule has 2 aliphatic rings. The Balaban J connectivity index is 1.87. The summed E-state index contributed by atoms with van der Waals surface area (Å²) in [4.78, 5) is 13.4. The summed E-state index contributed by atoms with van der Waals surface area (Å²) in [6, 6.07) is 0.631. The average molecular weight is 278 g/mol. The van der Waals surface area contributed by atoms with Gasteiger partial charge in [-0.2, -0.15) is 0 Å². The molecule has 2 aliphatic heterocycles. The van der Waals surface area contributed by atoms with Crippen LogP contribution in [0.4, 0.5) is 11.6 Å². The fraction of sp³-hybridized carbons (Fsp3) is 0.692. The van der Waals surface area contributed by atoms with Crippen molar-refractivity contribution in [3.05, 3.63) is 6.33 Å². The average Bonchev–Trinajstić information content (AvgIpc) is 2.83. The predicted octanol–water partition coefficient (Wildman–Crippen LogP) is 0.445. The van der Waals surface area contributed by atoms with Gasteiger partial charge in [0.25, 0.3) is 0 Å². The van der Waals surface area contributed by atoms with Crippen LogP contribution in [0.25, 0.3) is 0 Å². The fourth-order valence-corrected chi connectivity index (χ4v) is 3.28. The summed E-state index contributed by atoms with van der Waals surface area (Å²) < 4.78 is 5.45. The first-order chi connectivity index (χ1) is 9.83. The summed E-state index contributed by atoms with van der Waals surface area (Å²) in [7, 11) is 1.63. The number of nitrogens with one attached hydrogen (secondary N) is 1. The van der Waals surface area contributed by atoms with Crippen LogP contribution in [0.5, 0.6) is 5.75 Å². The Labute approximate surface area is 119 Å². The second-order valence-corrected chi connectivity index (χ2v) is 5.36. The first-order valence-electron chi connectivity index (χ1n) is 7.18. The van der Waals surface area contributed by atoms with Crippen molar-refractivity contribution in [2.24, 2.45) is 5.84 Å². The SMILES string of the molecule is COc1c(NN)ncnc1N1CCCN2CCCC2C1. The molecule has 1 aromatic heterocycles. The van der Waals surface area contributed by atoms with Gasteiger partial charge in [0.15, 0.2) is 11.6 Å². The van der Waals surface area contributed by atoms with Gasteiger partial charge in [0, 0.05) is 25.7 Å². The fourth-order valence-electron chi connectivity index (χ4n) is 3.28. The van der Waals surface area contributed by atoms with Gasteiger partial charge in [-0.25, -0.2) is 15.8 Å². The quantitative estimate of drug-likeness (QED) is 0.613. The third kappa shape index (κ3) is 2.38. The second-order valence-electron chi connectivity index (χ2n) is 5.36. The summed E-state index contributed by atoms with van der Waals surface area (Å²) in [6.45, 7) is 4.40. The van der Waals surface area contributed by atoms with Crippen molar-refractivity contribution < 1.29 is 4.74 Å². The van der Waals surface area contributed by atoms with E-state index in [0.29, 0.717) is 17.6 Å². The number of hydrogen-bond donors (Lipinski definition) is 2. The maximum Gasteiger partial charge on any atom is 0.205 e. The molecule has 110 valence electrons. The van der Waals surface area contributed by atoms with E-state index in [4.69, 9.17) is 10.6 Å². The number of anilines is 2. The molecule has 7 nitrogen and oxygen atoms in total. The molecular formula is C13H22N6O. The predicted molar refractivity (Wildman–Crippen MR) is 77.8 cm³/mol. The van der Waals surface area contributed by atoms with E-state index in [1.165, 1.54) is 32.3 Å². The van der Waals surface area contributed by atoms with E-state index >= 15 is 0 Å². The standard InChI is InChI=1S/C13H22N6O/c1-20-11-12(17-14)15-9-16-13(11)19-7-3-6-18-5-2-4-10(18)8-19/h9-10H,2-8,14H2,1H3,(H,15,16,17). The molecule has 0 radical (unpaired) electrons. The van der Waals surface area contributed by atoms with E-state index in [-0.39, 0.29) is 0 Å². The van der Waals surface area contributed by atoms with Crippen molar-refractivity contribution in [2.75, 3.05) is 43.6 Å². The molecule has 3 N–H and O–H groups in total. The minimum Gasteiger partial charge on any atom is -0.490 e. The molecule has 0 spiro atoms. The van der Waals surface area contributed by atoms with E-state index in [1.807, 2.05) is 0 Å². The lowest BCUT2D eigenvalue weighted by atomic mass is 10.2. The van der Waals surface area contributed by atoms with E-state index in [2.05, 4.69) is 25.2 Å².